The molecule has 0 radical (unpaired) electrons. The van der Waals surface area contributed by atoms with E-state index >= 15 is 0 Å². The lowest BCUT2D eigenvalue weighted by atomic mass is 9.94. The molecule has 20 heavy (non-hydrogen) atoms. The molecule has 0 saturated heterocycles. The van der Waals surface area contributed by atoms with Crippen LogP contribution in [0.4, 0.5) is 4.39 Å². The van der Waals surface area contributed by atoms with Crippen LogP contribution in [0.1, 0.15) is 19.4 Å². The molecule has 1 aromatic carbocycles. The van der Waals surface area contributed by atoms with Crippen molar-refractivity contribution in [2.24, 2.45) is 5.41 Å². The number of rotatable bonds is 5. The molecule has 0 aromatic heterocycles. The number of benzene rings is 1. The highest BCUT2D eigenvalue weighted by molar-refractivity contribution is 9.10. The molecule has 0 aliphatic heterocycles. The van der Waals surface area contributed by atoms with Crippen molar-refractivity contribution in [3.8, 4) is 0 Å². The molecule has 6 heteroatoms. The molecule has 1 amide bonds. The quantitative estimate of drug-likeness (QED) is 0.808. The Balaban J connectivity index is 2.65. The van der Waals surface area contributed by atoms with Crippen molar-refractivity contribution in [1.29, 1.82) is 0 Å². The average Bonchev–Trinajstić information content (AvgIpc) is 2.37. The lowest BCUT2D eigenvalue weighted by Crippen LogP contribution is -2.38. The van der Waals surface area contributed by atoms with Gasteiger partial charge in [-0.3, -0.25) is 9.59 Å². The van der Waals surface area contributed by atoms with Crippen LogP contribution in [-0.2, 0) is 9.59 Å². The second-order valence-corrected chi connectivity index (χ2v) is 5.82. The summed E-state index contributed by atoms with van der Waals surface area (Å²) in [6.07, 6.45) is 2.51. The van der Waals surface area contributed by atoms with E-state index in [0.29, 0.717) is 4.47 Å². The van der Waals surface area contributed by atoms with Gasteiger partial charge in [-0.1, -0.05) is 15.9 Å². The molecule has 108 valence electrons. The van der Waals surface area contributed by atoms with Gasteiger partial charge in [0, 0.05) is 22.7 Å². The van der Waals surface area contributed by atoms with Gasteiger partial charge in [0.2, 0.25) is 5.91 Å². The Labute approximate surface area is 124 Å². The first-order chi connectivity index (χ1) is 9.22. The molecule has 2 N–H and O–H groups in total. The Morgan fingerprint density at radius 1 is 1.45 bits per heavy atom. The maximum atomic E-state index is 13.4. The molecular formula is C14H15BrFNO3. The van der Waals surface area contributed by atoms with Gasteiger partial charge in [-0.25, -0.2) is 4.39 Å². The summed E-state index contributed by atoms with van der Waals surface area (Å²) in [5, 5.41) is 11.4. The number of nitrogens with one attached hydrogen (secondary N) is 1. The number of hydrogen-bond donors (Lipinski definition) is 2. The third kappa shape index (κ3) is 4.77. The maximum absolute atomic E-state index is 13.4. The summed E-state index contributed by atoms with van der Waals surface area (Å²) >= 11 is 3.21. The zero-order valence-electron chi connectivity index (χ0n) is 11.1. The molecule has 0 fully saturated rings. The van der Waals surface area contributed by atoms with Gasteiger partial charge in [-0.05, 0) is 38.1 Å². The number of aliphatic carboxylic acids is 1. The van der Waals surface area contributed by atoms with Gasteiger partial charge >= 0.3 is 5.97 Å². The molecule has 1 rings (SSSR count). The van der Waals surface area contributed by atoms with Gasteiger partial charge in [-0.15, -0.1) is 0 Å². The Hall–Kier alpha value is -1.69. The molecule has 0 aliphatic carbocycles. The number of carboxylic acid groups (broad SMARTS) is 1. The zero-order chi connectivity index (χ0) is 15.3. The van der Waals surface area contributed by atoms with Crippen molar-refractivity contribution in [2.75, 3.05) is 6.54 Å². The summed E-state index contributed by atoms with van der Waals surface area (Å²) in [7, 11) is 0. The van der Waals surface area contributed by atoms with Crippen LogP contribution in [0.5, 0.6) is 0 Å². The van der Waals surface area contributed by atoms with E-state index in [4.69, 9.17) is 5.11 Å². The molecule has 0 heterocycles. The minimum atomic E-state index is -1.05. The molecule has 0 unspecified atom stereocenters. The van der Waals surface area contributed by atoms with Crippen LogP contribution in [0, 0.1) is 11.2 Å². The molecule has 0 atom stereocenters. The van der Waals surface area contributed by atoms with Crippen molar-refractivity contribution >= 4 is 33.9 Å². The second-order valence-electron chi connectivity index (χ2n) is 4.91. The summed E-state index contributed by atoms with van der Waals surface area (Å²) in [5.41, 5.74) is -0.781. The van der Waals surface area contributed by atoms with E-state index in [0.717, 1.165) is 0 Å². The fourth-order valence-electron chi connectivity index (χ4n) is 1.25. The van der Waals surface area contributed by atoms with Crippen molar-refractivity contribution < 1.29 is 19.1 Å². The highest BCUT2D eigenvalue weighted by Crippen LogP contribution is 2.17. The molecule has 1 aromatic rings. The van der Waals surface area contributed by atoms with Gasteiger partial charge in [-0.2, -0.15) is 0 Å². The summed E-state index contributed by atoms with van der Waals surface area (Å²) < 4.78 is 14.1. The van der Waals surface area contributed by atoms with E-state index in [1.165, 1.54) is 32.1 Å². The van der Waals surface area contributed by atoms with Crippen LogP contribution in [0.25, 0.3) is 6.08 Å². The smallest absolute Gasteiger partial charge is 0.310 e. The lowest BCUT2D eigenvalue weighted by Gasteiger charge is -2.18. The lowest BCUT2D eigenvalue weighted by molar-refractivity contribution is -0.146. The molecule has 0 aliphatic rings. The predicted octanol–water partition coefficient (Wildman–Crippen LogP) is 2.83. The summed E-state index contributed by atoms with van der Waals surface area (Å²) in [4.78, 5) is 22.4. The Kier molecular flexibility index (Phi) is 5.44. The molecular weight excluding hydrogens is 329 g/mol. The first-order valence-corrected chi connectivity index (χ1v) is 6.66. The summed E-state index contributed by atoms with van der Waals surface area (Å²) in [5.74, 6) is -1.92. The monoisotopic (exact) mass is 343 g/mol. The van der Waals surface area contributed by atoms with Gasteiger partial charge in [0.1, 0.15) is 5.82 Å². The third-order valence-electron chi connectivity index (χ3n) is 2.66. The first-order valence-electron chi connectivity index (χ1n) is 5.87. The van der Waals surface area contributed by atoms with Crippen LogP contribution in [-0.4, -0.2) is 23.5 Å². The fourth-order valence-corrected chi connectivity index (χ4v) is 1.63. The minimum Gasteiger partial charge on any atom is -0.481 e. The zero-order valence-corrected chi connectivity index (χ0v) is 12.7. The SMILES string of the molecule is CC(C)(CNC(=O)/C=C/c1cc(Br)ccc1F)C(=O)O. The number of carbonyl (C=O) groups excluding carboxylic acids is 1. The van der Waals surface area contributed by atoms with Gasteiger partial charge < -0.3 is 10.4 Å². The van der Waals surface area contributed by atoms with E-state index in [2.05, 4.69) is 21.2 Å². The number of carbonyl (C=O) groups is 2. The van der Waals surface area contributed by atoms with Crippen molar-refractivity contribution in [1.82, 2.24) is 5.32 Å². The first kappa shape index (κ1) is 16.4. The predicted molar refractivity (Wildman–Crippen MR) is 77.6 cm³/mol. The highest BCUT2D eigenvalue weighted by Gasteiger charge is 2.27. The standard InChI is InChI=1S/C14H15BrFNO3/c1-14(2,13(19)20)8-17-12(18)6-3-9-7-10(15)4-5-11(9)16/h3-7H,8H2,1-2H3,(H,17,18)(H,19,20)/b6-3+. The second kappa shape index (κ2) is 6.65. The fraction of sp³-hybridized carbons (Fsp3) is 0.286. The van der Waals surface area contributed by atoms with Crippen molar-refractivity contribution in [2.45, 2.75) is 13.8 Å². The number of carboxylic acids is 1. The largest absolute Gasteiger partial charge is 0.481 e. The normalized spacial score (nSPS) is 11.6. The molecule has 0 bridgehead atoms. The molecule has 4 nitrogen and oxygen atoms in total. The van der Waals surface area contributed by atoms with Crippen molar-refractivity contribution in [3.05, 3.63) is 40.1 Å². The van der Waals surface area contributed by atoms with E-state index in [9.17, 15) is 14.0 Å². The van der Waals surface area contributed by atoms with E-state index in [1.54, 1.807) is 12.1 Å². The van der Waals surface area contributed by atoms with Crippen LogP contribution >= 0.6 is 15.9 Å². The van der Waals surface area contributed by atoms with Crippen LogP contribution in [0.3, 0.4) is 0 Å². The molecule has 0 spiro atoms. The van der Waals surface area contributed by atoms with E-state index in [1.807, 2.05) is 0 Å². The number of amides is 1. The van der Waals surface area contributed by atoms with E-state index < -0.39 is 23.1 Å². The van der Waals surface area contributed by atoms with Crippen LogP contribution in [0.15, 0.2) is 28.7 Å². The maximum Gasteiger partial charge on any atom is 0.310 e. The number of halogens is 2. The van der Waals surface area contributed by atoms with Crippen LogP contribution in [0.2, 0.25) is 0 Å². The average molecular weight is 344 g/mol. The highest BCUT2D eigenvalue weighted by atomic mass is 79.9. The van der Waals surface area contributed by atoms with Gasteiger partial charge in [0.15, 0.2) is 0 Å². The number of hydrogen-bond acceptors (Lipinski definition) is 2. The van der Waals surface area contributed by atoms with Gasteiger partial charge in [0.25, 0.3) is 0 Å². The van der Waals surface area contributed by atoms with E-state index in [-0.39, 0.29) is 12.1 Å². The third-order valence-corrected chi connectivity index (χ3v) is 3.15. The van der Waals surface area contributed by atoms with Crippen LogP contribution < -0.4 is 5.32 Å². The Morgan fingerprint density at radius 3 is 2.70 bits per heavy atom. The Morgan fingerprint density at radius 2 is 2.10 bits per heavy atom. The summed E-state index contributed by atoms with van der Waals surface area (Å²) in [6, 6.07) is 4.39. The topological polar surface area (TPSA) is 66.4 Å². The minimum absolute atomic E-state index is 0.00747. The Bertz CT molecular complexity index is 555. The van der Waals surface area contributed by atoms with Gasteiger partial charge in [0.05, 0.1) is 5.41 Å². The summed E-state index contributed by atoms with van der Waals surface area (Å²) in [6.45, 7) is 3.01. The van der Waals surface area contributed by atoms with Crippen molar-refractivity contribution in [3.63, 3.8) is 0 Å². The molecule has 0 saturated carbocycles.